The molecule has 0 fully saturated rings. The number of thioether (sulfide) groups is 1. The molecule has 0 N–H and O–H groups in total. The lowest BCUT2D eigenvalue weighted by molar-refractivity contribution is -0.111. The van der Waals surface area contributed by atoms with Crippen molar-refractivity contribution in [2.75, 3.05) is 0 Å². The summed E-state index contributed by atoms with van der Waals surface area (Å²) in [5, 5.41) is 0.0873. The van der Waals surface area contributed by atoms with Gasteiger partial charge in [0.25, 0.3) is 0 Å². The van der Waals surface area contributed by atoms with E-state index in [4.69, 9.17) is 23.2 Å². The summed E-state index contributed by atoms with van der Waals surface area (Å²) < 4.78 is 0. The zero-order valence-corrected chi connectivity index (χ0v) is 9.29. The van der Waals surface area contributed by atoms with Crippen LogP contribution in [0, 0.1) is 0 Å². The predicted octanol–water partition coefficient (Wildman–Crippen LogP) is 3.59. The average Bonchev–Trinajstić information content (AvgIpc) is 2.04. The van der Waals surface area contributed by atoms with Gasteiger partial charge in [0.05, 0.1) is 5.25 Å². The van der Waals surface area contributed by atoms with Crippen molar-refractivity contribution in [1.82, 2.24) is 0 Å². The second-order valence-electron chi connectivity index (χ2n) is 2.52. The first kappa shape index (κ1) is 10.9. The maximum absolute atomic E-state index is 10.7. The summed E-state index contributed by atoms with van der Waals surface area (Å²) in [4.78, 5) is 11.7. The van der Waals surface area contributed by atoms with Crippen molar-refractivity contribution in [3.05, 3.63) is 29.3 Å². The number of hydrogen-bond donors (Lipinski definition) is 0. The number of rotatable bonds is 3. The highest BCUT2D eigenvalue weighted by Crippen LogP contribution is 2.26. The van der Waals surface area contributed by atoms with Gasteiger partial charge in [-0.15, -0.1) is 11.8 Å². The molecule has 70 valence electrons. The fourth-order valence-electron chi connectivity index (χ4n) is 0.791. The first-order valence-electron chi connectivity index (χ1n) is 3.71. The fraction of sp³-hybridized carbons (Fsp3) is 0.222. The second-order valence-corrected chi connectivity index (χ2v) is 4.74. The Kier molecular flexibility index (Phi) is 4.10. The normalized spacial score (nSPS) is 12.5. The molecule has 1 rings (SSSR count). The molecule has 1 atom stereocenters. The Hall–Kier alpha value is -0.180. The maximum Gasteiger partial charge on any atom is 0.234 e. The maximum atomic E-state index is 10.7. The molecule has 13 heavy (non-hydrogen) atoms. The summed E-state index contributed by atoms with van der Waals surface area (Å²) >= 11 is 12.5. The van der Waals surface area contributed by atoms with E-state index in [0.29, 0.717) is 5.02 Å². The molecule has 1 aromatic carbocycles. The van der Waals surface area contributed by atoms with Crippen LogP contribution in [0.5, 0.6) is 0 Å². The zero-order chi connectivity index (χ0) is 9.84. The lowest BCUT2D eigenvalue weighted by atomic mass is 10.4. The van der Waals surface area contributed by atoms with E-state index in [2.05, 4.69) is 0 Å². The van der Waals surface area contributed by atoms with Crippen molar-refractivity contribution in [3.63, 3.8) is 0 Å². The number of benzene rings is 1. The predicted molar refractivity (Wildman–Crippen MR) is 57.6 cm³/mol. The Bertz CT molecular complexity index is 314. The monoisotopic (exact) mass is 234 g/mol. The molecule has 1 nitrogen and oxygen atoms in total. The molecule has 0 radical (unpaired) electrons. The van der Waals surface area contributed by atoms with E-state index in [1.165, 1.54) is 11.8 Å². The third-order valence-corrected chi connectivity index (χ3v) is 3.21. The van der Waals surface area contributed by atoms with Crippen molar-refractivity contribution in [1.29, 1.82) is 0 Å². The van der Waals surface area contributed by atoms with Gasteiger partial charge < -0.3 is 0 Å². The molecule has 0 bridgehead atoms. The fourth-order valence-corrected chi connectivity index (χ4v) is 2.03. The van der Waals surface area contributed by atoms with Gasteiger partial charge in [0, 0.05) is 9.92 Å². The van der Waals surface area contributed by atoms with Crippen LogP contribution in [0.15, 0.2) is 29.2 Å². The van der Waals surface area contributed by atoms with Crippen LogP contribution in [0.1, 0.15) is 6.92 Å². The van der Waals surface area contributed by atoms with Crippen LogP contribution >= 0.6 is 35.0 Å². The first-order chi connectivity index (χ1) is 6.09. The smallest absolute Gasteiger partial charge is 0.234 e. The van der Waals surface area contributed by atoms with E-state index < -0.39 is 0 Å². The van der Waals surface area contributed by atoms with Crippen LogP contribution in [0.25, 0.3) is 0 Å². The standard InChI is InChI=1S/C9H8Cl2OS/c1-6(9(11)12)13-8-4-2-3-7(10)5-8/h2-6H,1H3. The van der Waals surface area contributed by atoms with Crippen LogP contribution in [0.2, 0.25) is 5.02 Å². The third kappa shape index (κ3) is 3.59. The topological polar surface area (TPSA) is 17.1 Å². The summed E-state index contributed by atoms with van der Waals surface area (Å²) in [6.45, 7) is 1.76. The Morgan fingerprint density at radius 2 is 2.23 bits per heavy atom. The van der Waals surface area contributed by atoms with Gasteiger partial charge in [-0.2, -0.15) is 0 Å². The van der Waals surface area contributed by atoms with Crippen LogP contribution in [-0.2, 0) is 4.79 Å². The van der Waals surface area contributed by atoms with Crippen LogP contribution in [-0.4, -0.2) is 10.5 Å². The molecule has 0 aliphatic rings. The van der Waals surface area contributed by atoms with E-state index in [0.717, 1.165) is 4.90 Å². The molecule has 4 heteroatoms. The Morgan fingerprint density at radius 3 is 2.77 bits per heavy atom. The quantitative estimate of drug-likeness (QED) is 0.588. The Morgan fingerprint density at radius 1 is 1.54 bits per heavy atom. The van der Waals surface area contributed by atoms with Crippen molar-refractivity contribution >= 4 is 40.2 Å². The number of halogens is 2. The highest BCUT2D eigenvalue weighted by Gasteiger charge is 2.10. The Balaban J connectivity index is 2.69. The highest BCUT2D eigenvalue weighted by atomic mass is 35.5. The summed E-state index contributed by atoms with van der Waals surface area (Å²) in [5.41, 5.74) is 0. The minimum Gasteiger partial charge on any atom is -0.280 e. The molecular formula is C9H8Cl2OS. The largest absolute Gasteiger partial charge is 0.280 e. The Labute approximate surface area is 91.4 Å². The van der Waals surface area contributed by atoms with Gasteiger partial charge in [0.15, 0.2) is 0 Å². The van der Waals surface area contributed by atoms with Gasteiger partial charge >= 0.3 is 0 Å². The minimum atomic E-state index is -0.343. The van der Waals surface area contributed by atoms with Crippen molar-refractivity contribution in [2.24, 2.45) is 0 Å². The lowest BCUT2D eigenvalue weighted by Crippen LogP contribution is -2.04. The van der Waals surface area contributed by atoms with Crippen molar-refractivity contribution < 1.29 is 4.79 Å². The lowest BCUT2D eigenvalue weighted by Gasteiger charge is -2.05. The van der Waals surface area contributed by atoms with Crippen LogP contribution in [0.4, 0.5) is 0 Å². The average molecular weight is 235 g/mol. The highest BCUT2D eigenvalue weighted by molar-refractivity contribution is 8.00. The molecule has 0 saturated heterocycles. The molecule has 1 unspecified atom stereocenters. The molecule has 1 aromatic rings. The summed E-state index contributed by atoms with van der Waals surface area (Å²) in [7, 11) is 0. The molecule has 0 aromatic heterocycles. The molecule has 0 spiro atoms. The van der Waals surface area contributed by atoms with Crippen molar-refractivity contribution in [3.8, 4) is 0 Å². The van der Waals surface area contributed by atoms with Gasteiger partial charge in [-0.05, 0) is 36.7 Å². The van der Waals surface area contributed by atoms with E-state index in [1.807, 2.05) is 18.2 Å². The molecule has 0 aliphatic heterocycles. The van der Waals surface area contributed by atoms with Gasteiger partial charge in [-0.3, -0.25) is 4.79 Å². The molecular weight excluding hydrogens is 227 g/mol. The van der Waals surface area contributed by atoms with E-state index >= 15 is 0 Å². The van der Waals surface area contributed by atoms with E-state index in [-0.39, 0.29) is 10.5 Å². The minimum absolute atomic E-state index is 0.236. The van der Waals surface area contributed by atoms with Crippen LogP contribution in [0.3, 0.4) is 0 Å². The molecule has 0 aliphatic carbocycles. The second kappa shape index (κ2) is 4.89. The molecule has 0 amide bonds. The number of carbonyl (C=O) groups is 1. The third-order valence-electron chi connectivity index (χ3n) is 1.43. The van der Waals surface area contributed by atoms with Crippen molar-refractivity contribution in [2.45, 2.75) is 17.1 Å². The summed E-state index contributed by atoms with van der Waals surface area (Å²) in [6, 6.07) is 7.34. The number of hydrogen-bond acceptors (Lipinski definition) is 2. The SMILES string of the molecule is CC(Sc1cccc(Cl)c1)C(=O)Cl. The van der Waals surface area contributed by atoms with Gasteiger partial charge in [0.1, 0.15) is 0 Å². The van der Waals surface area contributed by atoms with Gasteiger partial charge in [0.2, 0.25) is 5.24 Å². The van der Waals surface area contributed by atoms with E-state index in [9.17, 15) is 4.79 Å². The van der Waals surface area contributed by atoms with E-state index in [1.54, 1.807) is 13.0 Å². The number of carbonyl (C=O) groups excluding carboxylic acids is 1. The van der Waals surface area contributed by atoms with Crippen LogP contribution < -0.4 is 0 Å². The molecule has 0 saturated carbocycles. The summed E-state index contributed by atoms with van der Waals surface area (Å²) in [6.07, 6.45) is 0. The van der Waals surface area contributed by atoms with Gasteiger partial charge in [-0.25, -0.2) is 0 Å². The van der Waals surface area contributed by atoms with Gasteiger partial charge in [-0.1, -0.05) is 17.7 Å². The zero-order valence-electron chi connectivity index (χ0n) is 6.96. The molecule has 0 heterocycles. The summed E-state index contributed by atoms with van der Waals surface area (Å²) in [5.74, 6) is 0. The first-order valence-corrected chi connectivity index (χ1v) is 5.34.